The van der Waals surface area contributed by atoms with Crippen molar-refractivity contribution in [2.45, 2.75) is 12.2 Å². The minimum Gasteiger partial charge on any atom is -0.478 e. The number of aromatic carboxylic acids is 1. The molecule has 5 rings (SSSR count). The Labute approximate surface area is 272 Å². The summed E-state index contributed by atoms with van der Waals surface area (Å²) in [6.45, 7) is 0.0734. The lowest BCUT2D eigenvalue weighted by Gasteiger charge is -2.24. The van der Waals surface area contributed by atoms with Crippen molar-refractivity contribution in [2.24, 2.45) is 0 Å². The Kier molecular flexibility index (Phi) is 9.30. The Morgan fingerprint density at radius 2 is 1.68 bits per heavy atom. The van der Waals surface area contributed by atoms with Gasteiger partial charge >= 0.3 is 19.2 Å². The highest BCUT2D eigenvalue weighted by molar-refractivity contribution is 9.10. The van der Waals surface area contributed by atoms with Crippen molar-refractivity contribution < 1.29 is 33.0 Å². The van der Waals surface area contributed by atoms with Gasteiger partial charge in [-0.3, -0.25) is 4.57 Å². The van der Waals surface area contributed by atoms with Crippen LogP contribution in [0.2, 0.25) is 10.0 Å². The molecule has 0 aliphatic rings. The first kappa shape index (κ1) is 32.2. The number of carbonyl (C=O) groups is 1. The van der Waals surface area contributed by atoms with Crippen molar-refractivity contribution in [1.29, 1.82) is 0 Å². The molecule has 0 amide bonds. The molecule has 4 aromatic carbocycles. The number of thiazole rings is 1. The minimum absolute atomic E-state index is 0.0646. The number of rotatable bonds is 9. The lowest BCUT2D eigenvalue weighted by atomic mass is 9.98. The van der Waals surface area contributed by atoms with E-state index in [9.17, 15) is 33.0 Å². The van der Waals surface area contributed by atoms with Gasteiger partial charge in [-0.2, -0.15) is 8.78 Å². The van der Waals surface area contributed by atoms with Gasteiger partial charge < -0.3 is 19.8 Å². The molecule has 5 aromatic rings. The fourth-order valence-electron chi connectivity index (χ4n) is 4.43. The molecule has 3 N–H and O–H groups in total. The van der Waals surface area contributed by atoms with E-state index in [1.165, 1.54) is 23.5 Å². The van der Waals surface area contributed by atoms with Gasteiger partial charge in [-0.1, -0.05) is 93.7 Å². The van der Waals surface area contributed by atoms with E-state index >= 15 is 0 Å². The largest absolute Gasteiger partial charge is 0.478 e. The molecule has 0 saturated heterocycles. The van der Waals surface area contributed by atoms with Crippen LogP contribution in [0.4, 0.5) is 19.6 Å². The highest BCUT2D eigenvalue weighted by Crippen LogP contribution is 2.60. The van der Waals surface area contributed by atoms with Crippen LogP contribution in [0.1, 0.15) is 21.5 Å². The highest BCUT2D eigenvalue weighted by atomic mass is 79.9. The summed E-state index contributed by atoms with van der Waals surface area (Å²) in [4.78, 5) is 37.1. The number of alkyl halides is 2. The lowest BCUT2D eigenvalue weighted by Crippen LogP contribution is -2.18. The Balaban J connectivity index is 1.55. The lowest BCUT2D eigenvalue weighted by molar-refractivity contribution is 0.0557. The monoisotopic (exact) mass is 738 g/mol. The molecule has 0 aliphatic carbocycles. The Morgan fingerprint density at radius 1 is 0.955 bits per heavy atom. The van der Waals surface area contributed by atoms with Crippen LogP contribution in [-0.2, 0) is 16.8 Å². The summed E-state index contributed by atoms with van der Waals surface area (Å²) in [5.74, 6) is -1.12. The molecule has 0 aliphatic heterocycles. The normalized spacial score (nSPS) is 11.9. The van der Waals surface area contributed by atoms with Gasteiger partial charge in [0.2, 0.25) is 0 Å². The van der Waals surface area contributed by atoms with Crippen LogP contribution in [0, 0.1) is 0 Å². The second-order valence-corrected chi connectivity index (χ2v) is 13.7. The second kappa shape index (κ2) is 12.7. The summed E-state index contributed by atoms with van der Waals surface area (Å²) in [5.41, 5.74) is -1.73. The zero-order valence-electron chi connectivity index (χ0n) is 22.2. The predicted octanol–water partition coefficient (Wildman–Crippen LogP) is 9.81. The van der Waals surface area contributed by atoms with Crippen LogP contribution in [0.15, 0.2) is 94.8 Å². The van der Waals surface area contributed by atoms with E-state index in [1.54, 1.807) is 40.6 Å². The molecule has 0 atom stereocenters. The van der Waals surface area contributed by atoms with Crippen molar-refractivity contribution in [1.82, 2.24) is 4.98 Å². The van der Waals surface area contributed by atoms with Gasteiger partial charge in [-0.25, -0.2) is 9.78 Å². The van der Waals surface area contributed by atoms with E-state index < -0.39 is 24.8 Å². The summed E-state index contributed by atoms with van der Waals surface area (Å²) >= 11 is 16.7. The van der Waals surface area contributed by atoms with Gasteiger partial charge in [0.05, 0.1) is 27.8 Å². The van der Waals surface area contributed by atoms with E-state index in [4.69, 9.17) is 28.2 Å². The molecular weight excluding hydrogens is 720 g/mol. The Hall–Kier alpha value is -3.15. The number of anilines is 2. The van der Waals surface area contributed by atoms with Crippen molar-refractivity contribution in [3.8, 4) is 22.4 Å². The Morgan fingerprint density at radius 3 is 2.32 bits per heavy atom. The summed E-state index contributed by atoms with van der Waals surface area (Å²) in [7, 11) is -5.78. The SMILES string of the molecule is O=C(O)c1cc(-c2ccccc2)ccc1-c1csc(N(Cc2ccc(C(F)(F)P(=O)(O)O)c(Br)c2)c2ccc(Cl)c(Cl)c2)n1. The van der Waals surface area contributed by atoms with E-state index in [1.807, 2.05) is 36.4 Å². The third-order valence-electron chi connectivity index (χ3n) is 6.63. The summed E-state index contributed by atoms with van der Waals surface area (Å²) in [6.07, 6.45) is 0. The molecule has 1 heterocycles. The molecule has 7 nitrogen and oxygen atoms in total. The van der Waals surface area contributed by atoms with E-state index in [-0.39, 0.29) is 21.6 Å². The third kappa shape index (κ3) is 6.60. The molecule has 44 heavy (non-hydrogen) atoms. The van der Waals surface area contributed by atoms with Gasteiger partial charge in [0.15, 0.2) is 5.13 Å². The van der Waals surface area contributed by atoms with Crippen LogP contribution in [0.5, 0.6) is 0 Å². The second-order valence-electron chi connectivity index (χ2n) is 9.53. The number of benzene rings is 4. The number of carboxylic acid groups (broad SMARTS) is 1. The van der Waals surface area contributed by atoms with E-state index in [0.29, 0.717) is 32.7 Å². The van der Waals surface area contributed by atoms with Gasteiger partial charge in [0.25, 0.3) is 0 Å². The number of carboxylic acids is 1. The fourth-order valence-corrected chi connectivity index (χ4v) is 6.90. The zero-order valence-corrected chi connectivity index (χ0v) is 27.0. The van der Waals surface area contributed by atoms with Gasteiger partial charge in [0.1, 0.15) is 0 Å². The van der Waals surface area contributed by atoms with Crippen molar-refractivity contribution in [3.05, 3.63) is 122 Å². The molecule has 14 heteroatoms. The first-order valence-electron chi connectivity index (χ1n) is 12.6. The average Bonchev–Trinajstić information content (AvgIpc) is 3.47. The molecule has 226 valence electrons. The maximum atomic E-state index is 14.4. The van der Waals surface area contributed by atoms with E-state index in [2.05, 4.69) is 15.9 Å². The van der Waals surface area contributed by atoms with E-state index in [0.717, 1.165) is 17.2 Å². The number of halogens is 5. The molecule has 0 radical (unpaired) electrons. The topological polar surface area (TPSA) is 111 Å². The van der Waals surface area contributed by atoms with Crippen LogP contribution in [0.25, 0.3) is 22.4 Å². The van der Waals surface area contributed by atoms with Crippen LogP contribution >= 0.6 is 58.1 Å². The molecule has 0 saturated carbocycles. The number of nitrogens with zero attached hydrogens (tertiary/aromatic N) is 2. The maximum Gasteiger partial charge on any atom is 0.399 e. The standard InChI is InChI=1S/C30H20BrCl2F2N2O5PS/c31-24-12-17(6-10-23(24)30(34,35)43(40,41)42)15-37(20-8-11-25(32)26(33)14-20)29-36-27(16-44-29)21-9-7-19(13-22(21)28(38)39)18-4-2-1-3-5-18/h1-14,16H,15H2,(H,38,39)(H2,40,41,42). The van der Waals surface area contributed by atoms with Crippen LogP contribution < -0.4 is 4.90 Å². The quantitative estimate of drug-likeness (QED) is 0.129. The average molecular weight is 740 g/mol. The summed E-state index contributed by atoms with van der Waals surface area (Å²) in [5, 5.41) is 12.7. The number of hydrogen-bond acceptors (Lipinski definition) is 5. The first-order chi connectivity index (χ1) is 20.8. The zero-order chi connectivity index (χ0) is 31.8. The molecular formula is C30H20BrCl2F2N2O5PS. The minimum atomic E-state index is -5.78. The number of hydrogen-bond donors (Lipinski definition) is 3. The molecule has 0 fully saturated rings. The summed E-state index contributed by atoms with van der Waals surface area (Å²) < 4.78 is 40.1. The van der Waals surface area contributed by atoms with Crippen molar-refractivity contribution >= 4 is 74.9 Å². The van der Waals surface area contributed by atoms with Crippen molar-refractivity contribution in [2.75, 3.05) is 4.90 Å². The van der Waals surface area contributed by atoms with Crippen molar-refractivity contribution in [3.63, 3.8) is 0 Å². The Bertz CT molecular complexity index is 1920. The van der Waals surface area contributed by atoms with Crippen LogP contribution in [0.3, 0.4) is 0 Å². The molecule has 1 aromatic heterocycles. The predicted molar refractivity (Wildman–Crippen MR) is 172 cm³/mol. The first-order valence-corrected chi connectivity index (χ1v) is 16.6. The fraction of sp³-hybridized carbons (Fsp3) is 0.0667. The molecule has 0 bridgehead atoms. The molecule has 0 unspecified atom stereocenters. The van der Waals surface area contributed by atoms with Gasteiger partial charge in [-0.05, 0) is 47.0 Å². The van der Waals surface area contributed by atoms with Gasteiger partial charge in [0, 0.05) is 26.7 Å². The molecule has 0 spiro atoms. The van der Waals surface area contributed by atoms with Gasteiger partial charge in [-0.15, -0.1) is 11.3 Å². The smallest absolute Gasteiger partial charge is 0.399 e. The highest BCUT2D eigenvalue weighted by Gasteiger charge is 2.51. The van der Waals surface area contributed by atoms with Crippen LogP contribution in [-0.4, -0.2) is 25.8 Å². The maximum absolute atomic E-state index is 14.4. The summed E-state index contributed by atoms with van der Waals surface area (Å²) in [6, 6.07) is 23.0. The number of aromatic nitrogens is 1. The third-order valence-corrected chi connectivity index (χ3v) is 9.87.